The highest BCUT2D eigenvalue weighted by Crippen LogP contribution is 2.57. The topological polar surface area (TPSA) is 55.0 Å². The molecule has 0 unspecified atom stereocenters. The lowest BCUT2D eigenvalue weighted by Gasteiger charge is -2.45. The van der Waals surface area contributed by atoms with Gasteiger partial charge in [-0.15, -0.1) is 0 Å². The highest BCUT2D eigenvalue weighted by atomic mass is 19.3. The number of aromatic amines is 1. The summed E-state index contributed by atoms with van der Waals surface area (Å²) in [6, 6.07) is 7.72. The number of benzene rings is 1. The Balaban J connectivity index is 1.76. The van der Waals surface area contributed by atoms with Crippen LogP contribution in [0.3, 0.4) is 0 Å². The molecule has 1 aromatic heterocycles. The zero-order valence-corrected chi connectivity index (χ0v) is 18.4. The molecule has 2 aromatic rings. The number of hydrogen-bond donors (Lipinski definition) is 1. The average Bonchev–Trinajstić information content (AvgIpc) is 3.08. The van der Waals surface area contributed by atoms with Crippen LogP contribution in [0.1, 0.15) is 74.9 Å². The third-order valence-electron chi connectivity index (χ3n) is 7.35. The molecule has 1 fully saturated rings. The standard InChI is InChI=1S/C25H28F2N2O2/c1-23(2)10-14-9-17-21(22(29-28-17)15-11-25(26,27)12-15)24(3,20(14)18(30)13-23)16-7-5-6-8-19(16)31-4/h5-8,15H,9-13H2,1-4H3,(H,28,29)/t24-/m0/s1. The Morgan fingerprint density at radius 2 is 1.84 bits per heavy atom. The second-order valence-electron chi connectivity index (χ2n) is 10.3. The van der Waals surface area contributed by atoms with Gasteiger partial charge in [-0.3, -0.25) is 9.89 Å². The molecule has 0 amide bonds. The lowest BCUT2D eigenvalue weighted by atomic mass is 9.57. The van der Waals surface area contributed by atoms with Gasteiger partial charge in [0.1, 0.15) is 5.75 Å². The fourth-order valence-corrected chi connectivity index (χ4v) is 6.13. The summed E-state index contributed by atoms with van der Waals surface area (Å²) in [4.78, 5) is 13.6. The monoisotopic (exact) mass is 426 g/mol. The molecular formula is C25H28F2N2O2. The minimum Gasteiger partial charge on any atom is -0.496 e. The van der Waals surface area contributed by atoms with Gasteiger partial charge in [0.05, 0.1) is 18.2 Å². The van der Waals surface area contributed by atoms with Crippen molar-refractivity contribution in [3.63, 3.8) is 0 Å². The van der Waals surface area contributed by atoms with E-state index in [0.29, 0.717) is 24.3 Å². The summed E-state index contributed by atoms with van der Waals surface area (Å²) in [7, 11) is 1.62. The molecule has 5 rings (SSSR count). The summed E-state index contributed by atoms with van der Waals surface area (Å²) in [5, 5.41) is 7.70. The van der Waals surface area contributed by atoms with E-state index < -0.39 is 11.3 Å². The number of H-pyrrole nitrogens is 1. The number of nitrogens with one attached hydrogen (secondary N) is 1. The third-order valence-corrected chi connectivity index (χ3v) is 7.35. The van der Waals surface area contributed by atoms with Crippen LogP contribution in [0, 0.1) is 5.41 Å². The first-order valence-corrected chi connectivity index (χ1v) is 10.9. The number of ether oxygens (including phenoxy) is 1. The Morgan fingerprint density at radius 1 is 1.13 bits per heavy atom. The van der Waals surface area contributed by atoms with Crippen molar-refractivity contribution >= 4 is 5.78 Å². The molecule has 6 heteroatoms. The molecule has 164 valence electrons. The number of fused-ring (bicyclic) bond motifs is 1. The number of ketones is 1. The molecule has 0 bridgehead atoms. The van der Waals surface area contributed by atoms with Gasteiger partial charge in [0.25, 0.3) is 0 Å². The SMILES string of the molecule is COc1ccccc1[C@@]1(C)C2=C(Cc3[nH]nc(C4CC(F)(F)C4)c31)CC(C)(C)CC2=O. The molecule has 3 aliphatic rings. The molecule has 0 aliphatic heterocycles. The maximum absolute atomic E-state index is 13.7. The second-order valence-corrected chi connectivity index (χ2v) is 10.3. The minimum atomic E-state index is -2.64. The largest absolute Gasteiger partial charge is 0.496 e. The number of halogens is 2. The number of rotatable bonds is 3. The van der Waals surface area contributed by atoms with Gasteiger partial charge in [-0.05, 0) is 24.8 Å². The van der Waals surface area contributed by atoms with E-state index in [4.69, 9.17) is 4.74 Å². The normalized spacial score (nSPS) is 26.8. The minimum absolute atomic E-state index is 0.103. The van der Waals surface area contributed by atoms with Crippen LogP contribution in [-0.4, -0.2) is 29.0 Å². The van der Waals surface area contributed by atoms with Crippen molar-refractivity contribution < 1.29 is 18.3 Å². The average molecular weight is 427 g/mol. The number of methoxy groups -OCH3 is 1. The number of nitrogens with zero attached hydrogens (tertiary/aromatic N) is 1. The van der Waals surface area contributed by atoms with E-state index in [1.165, 1.54) is 0 Å². The van der Waals surface area contributed by atoms with Crippen molar-refractivity contribution in [2.45, 2.75) is 70.1 Å². The summed E-state index contributed by atoms with van der Waals surface area (Å²) in [5.41, 5.74) is 4.41. The molecule has 31 heavy (non-hydrogen) atoms. The fraction of sp³-hybridized carbons (Fsp3) is 0.520. The van der Waals surface area contributed by atoms with Crippen LogP contribution in [0.4, 0.5) is 8.78 Å². The van der Waals surface area contributed by atoms with E-state index in [2.05, 4.69) is 24.0 Å². The summed E-state index contributed by atoms with van der Waals surface area (Å²) in [5.74, 6) is -2.12. The van der Waals surface area contributed by atoms with E-state index in [0.717, 1.165) is 34.4 Å². The first kappa shape index (κ1) is 20.4. The van der Waals surface area contributed by atoms with Crippen molar-refractivity contribution in [3.05, 3.63) is 57.9 Å². The number of Topliss-reactive ketones (excluding diaryl/α,β-unsaturated/α-hetero) is 1. The third kappa shape index (κ3) is 2.98. The van der Waals surface area contributed by atoms with Crippen molar-refractivity contribution in [3.8, 4) is 5.75 Å². The lowest BCUT2D eigenvalue weighted by molar-refractivity contribution is -0.118. The highest BCUT2D eigenvalue weighted by Gasteiger charge is 2.54. The van der Waals surface area contributed by atoms with E-state index in [9.17, 15) is 13.6 Å². The zero-order valence-electron chi connectivity index (χ0n) is 18.4. The fourth-order valence-electron chi connectivity index (χ4n) is 6.13. The number of aromatic nitrogens is 2. The molecule has 0 spiro atoms. The quantitative estimate of drug-likeness (QED) is 0.707. The predicted octanol–water partition coefficient (Wildman–Crippen LogP) is 5.48. The van der Waals surface area contributed by atoms with Gasteiger partial charge in [-0.2, -0.15) is 5.10 Å². The Bertz CT molecular complexity index is 1110. The summed E-state index contributed by atoms with van der Waals surface area (Å²) in [6.45, 7) is 6.29. The molecule has 4 nitrogen and oxygen atoms in total. The van der Waals surface area contributed by atoms with Crippen LogP contribution < -0.4 is 4.74 Å². The maximum atomic E-state index is 13.7. The first-order chi connectivity index (χ1) is 14.6. The Morgan fingerprint density at radius 3 is 2.52 bits per heavy atom. The predicted molar refractivity (Wildman–Crippen MR) is 114 cm³/mol. The van der Waals surface area contributed by atoms with Crippen LogP contribution in [0.25, 0.3) is 0 Å². The zero-order chi connectivity index (χ0) is 22.2. The number of carbonyl (C=O) groups excluding carboxylic acids is 1. The molecule has 1 aromatic carbocycles. The summed E-state index contributed by atoms with van der Waals surface area (Å²) in [6.07, 6.45) is 1.52. The second kappa shape index (κ2) is 6.50. The number of hydrogen-bond acceptors (Lipinski definition) is 3. The Labute approximate surface area is 181 Å². The lowest BCUT2D eigenvalue weighted by Crippen LogP contribution is -2.42. The Kier molecular flexibility index (Phi) is 4.28. The smallest absolute Gasteiger partial charge is 0.249 e. The van der Waals surface area contributed by atoms with Crippen LogP contribution in [0.15, 0.2) is 35.4 Å². The van der Waals surface area contributed by atoms with Crippen molar-refractivity contribution in [1.82, 2.24) is 10.2 Å². The van der Waals surface area contributed by atoms with Crippen molar-refractivity contribution in [2.24, 2.45) is 5.41 Å². The van der Waals surface area contributed by atoms with E-state index in [1.54, 1.807) is 7.11 Å². The molecular weight excluding hydrogens is 398 g/mol. The molecule has 0 radical (unpaired) electrons. The van der Waals surface area contributed by atoms with Crippen LogP contribution >= 0.6 is 0 Å². The number of allylic oxidation sites excluding steroid dienone is 2. The van der Waals surface area contributed by atoms with Crippen LogP contribution in [0.2, 0.25) is 0 Å². The van der Waals surface area contributed by atoms with E-state index in [-0.39, 0.29) is 30.0 Å². The highest BCUT2D eigenvalue weighted by molar-refractivity contribution is 6.02. The summed E-state index contributed by atoms with van der Waals surface area (Å²) >= 11 is 0. The van der Waals surface area contributed by atoms with Crippen molar-refractivity contribution in [2.75, 3.05) is 7.11 Å². The van der Waals surface area contributed by atoms with Gasteiger partial charge in [0.15, 0.2) is 5.78 Å². The molecule has 1 saturated carbocycles. The van der Waals surface area contributed by atoms with Gasteiger partial charge in [-0.1, -0.05) is 37.6 Å². The van der Waals surface area contributed by atoms with Crippen molar-refractivity contribution in [1.29, 1.82) is 0 Å². The first-order valence-electron chi connectivity index (χ1n) is 10.9. The summed E-state index contributed by atoms with van der Waals surface area (Å²) < 4.78 is 33.2. The van der Waals surface area contributed by atoms with Crippen LogP contribution in [0.5, 0.6) is 5.75 Å². The maximum Gasteiger partial charge on any atom is 0.249 e. The number of alkyl halides is 2. The molecule has 0 saturated heterocycles. The van der Waals surface area contributed by atoms with Crippen LogP contribution in [-0.2, 0) is 16.6 Å². The van der Waals surface area contributed by atoms with Gasteiger partial charge >= 0.3 is 0 Å². The molecule has 1 N–H and O–H groups in total. The van der Waals surface area contributed by atoms with E-state index >= 15 is 0 Å². The molecule has 3 aliphatic carbocycles. The number of carbonyl (C=O) groups is 1. The van der Waals surface area contributed by atoms with E-state index in [1.807, 2.05) is 31.2 Å². The van der Waals surface area contributed by atoms with Gasteiger partial charge in [0.2, 0.25) is 5.92 Å². The molecule has 1 heterocycles. The van der Waals surface area contributed by atoms with Gasteiger partial charge in [-0.25, -0.2) is 8.78 Å². The van der Waals surface area contributed by atoms with Gasteiger partial charge < -0.3 is 4.74 Å². The number of para-hydroxylation sites is 1. The molecule has 1 atom stereocenters. The van der Waals surface area contributed by atoms with Gasteiger partial charge in [0, 0.05) is 54.0 Å². The Hall–Kier alpha value is -2.50.